The fourth-order valence-corrected chi connectivity index (χ4v) is 1.73. The fraction of sp³-hybridized carbons (Fsp3) is 0.462. The summed E-state index contributed by atoms with van der Waals surface area (Å²) in [4.78, 5) is 11.5. The van der Waals surface area contributed by atoms with Gasteiger partial charge in [-0.1, -0.05) is 23.7 Å². The van der Waals surface area contributed by atoms with Gasteiger partial charge in [0.2, 0.25) is 5.91 Å². The van der Waals surface area contributed by atoms with Gasteiger partial charge < -0.3 is 11.1 Å². The highest BCUT2D eigenvalue weighted by molar-refractivity contribution is 6.30. The van der Waals surface area contributed by atoms with E-state index in [9.17, 15) is 4.79 Å². The van der Waals surface area contributed by atoms with E-state index in [1.54, 1.807) is 6.92 Å². The first-order valence-electron chi connectivity index (χ1n) is 5.62. The summed E-state index contributed by atoms with van der Waals surface area (Å²) in [5.41, 5.74) is 6.34. The second-order valence-corrected chi connectivity index (χ2v) is 5.40. The number of carbonyl (C=O) groups is 1. The Balaban J connectivity index is 2.66. The molecule has 0 aliphatic heterocycles. The van der Waals surface area contributed by atoms with Crippen LogP contribution in [0.4, 0.5) is 0 Å². The van der Waals surface area contributed by atoms with Crippen molar-refractivity contribution >= 4 is 17.5 Å². The van der Waals surface area contributed by atoms with Crippen molar-refractivity contribution < 1.29 is 4.79 Å². The third-order valence-corrected chi connectivity index (χ3v) is 2.69. The lowest BCUT2D eigenvalue weighted by molar-refractivity contribution is -0.123. The second kappa shape index (κ2) is 5.52. The maximum Gasteiger partial charge on any atom is 0.237 e. The largest absolute Gasteiger partial charge is 0.350 e. The van der Waals surface area contributed by atoms with E-state index in [0.29, 0.717) is 5.02 Å². The summed E-state index contributed by atoms with van der Waals surface area (Å²) in [5, 5.41) is 3.64. The number of nitrogens with one attached hydrogen (secondary N) is 1. The molecule has 0 radical (unpaired) electrons. The SMILES string of the molecule is C[C@H](N)C(=O)NC(C)(C)Cc1ccc(Cl)cc1. The number of carbonyl (C=O) groups excluding carboxylic acids is 1. The molecule has 1 aromatic carbocycles. The first-order chi connectivity index (χ1) is 7.80. The lowest BCUT2D eigenvalue weighted by Crippen LogP contribution is -2.50. The Kier molecular flexibility index (Phi) is 4.54. The van der Waals surface area contributed by atoms with Crippen molar-refractivity contribution in [3.05, 3.63) is 34.9 Å². The van der Waals surface area contributed by atoms with Crippen LogP contribution in [0.15, 0.2) is 24.3 Å². The van der Waals surface area contributed by atoms with Crippen LogP contribution in [0.25, 0.3) is 0 Å². The van der Waals surface area contributed by atoms with Crippen LogP contribution in [0, 0.1) is 0 Å². The van der Waals surface area contributed by atoms with Crippen molar-refractivity contribution in [3.8, 4) is 0 Å². The standard InChI is InChI=1S/C13H19ClN2O/c1-9(15)12(17)16-13(2,3)8-10-4-6-11(14)7-5-10/h4-7,9H,8,15H2,1-3H3,(H,16,17)/t9-/m0/s1. The van der Waals surface area contributed by atoms with Gasteiger partial charge in [0.15, 0.2) is 0 Å². The molecule has 0 saturated heterocycles. The summed E-state index contributed by atoms with van der Waals surface area (Å²) in [6.07, 6.45) is 0.739. The van der Waals surface area contributed by atoms with Crippen molar-refractivity contribution in [3.63, 3.8) is 0 Å². The summed E-state index contributed by atoms with van der Waals surface area (Å²) in [6, 6.07) is 7.13. The van der Waals surface area contributed by atoms with Gasteiger partial charge >= 0.3 is 0 Å². The predicted molar refractivity (Wildman–Crippen MR) is 71.0 cm³/mol. The maximum absolute atomic E-state index is 11.5. The van der Waals surface area contributed by atoms with Crippen LogP contribution in [-0.2, 0) is 11.2 Å². The average Bonchev–Trinajstić information content (AvgIpc) is 2.20. The molecule has 0 unspecified atom stereocenters. The van der Waals surface area contributed by atoms with Crippen molar-refractivity contribution in [1.82, 2.24) is 5.32 Å². The van der Waals surface area contributed by atoms with Gasteiger partial charge in [-0.3, -0.25) is 4.79 Å². The Hall–Kier alpha value is -1.06. The third kappa shape index (κ3) is 4.75. The first-order valence-corrected chi connectivity index (χ1v) is 6.00. The quantitative estimate of drug-likeness (QED) is 0.865. The molecule has 1 aromatic rings. The molecule has 3 nitrogen and oxygen atoms in total. The summed E-state index contributed by atoms with van der Waals surface area (Å²) in [5.74, 6) is -0.135. The molecular formula is C13H19ClN2O. The molecule has 0 spiro atoms. The van der Waals surface area contributed by atoms with E-state index < -0.39 is 6.04 Å². The van der Waals surface area contributed by atoms with Gasteiger partial charge in [-0.15, -0.1) is 0 Å². The molecule has 4 heteroatoms. The van der Waals surface area contributed by atoms with Crippen LogP contribution in [-0.4, -0.2) is 17.5 Å². The van der Waals surface area contributed by atoms with Gasteiger partial charge in [-0.2, -0.15) is 0 Å². The van der Waals surface area contributed by atoms with Crippen molar-refractivity contribution in [1.29, 1.82) is 0 Å². The molecule has 94 valence electrons. The molecule has 0 bridgehead atoms. The lowest BCUT2D eigenvalue weighted by Gasteiger charge is -2.27. The molecule has 1 rings (SSSR count). The van der Waals surface area contributed by atoms with Gasteiger partial charge in [0.1, 0.15) is 0 Å². The summed E-state index contributed by atoms with van der Waals surface area (Å²) in [7, 11) is 0. The number of nitrogens with two attached hydrogens (primary N) is 1. The minimum atomic E-state index is -0.487. The Morgan fingerprint density at radius 1 is 1.41 bits per heavy atom. The molecule has 0 fully saturated rings. The average molecular weight is 255 g/mol. The van der Waals surface area contributed by atoms with Crippen LogP contribution in [0.1, 0.15) is 26.3 Å². The maximum atomic E-state index is 11.5. The molecule has 0 saturated carbocycles. The van der Waals surface area contributed by atoms with E-state index >= 15 is 0 Å². The molecule has 1 atom stereocenters. The topological polar surface area (TPSA) is 55.1 Å². The van der Waals surface area contributed by atoms with E-state index in [1.807, 2.05) is 38.1 Å². The number of halogens is 1. The zero-order chi connectivity index (χ0) is 13.1. The summed E-state index contributed by atoms with van der Waals surface area (Å²) in [6.45, 7) is 5.62. The number of benzene rings is 1. The highest BCUT2D eigenvalue weighted by Gasteiger charge is 2.22. The van der Waals surface area contributed by atoms with E-state index in [4.69, 9.17) is 17.3 Å². The van der Waals surface area contributed by atoms with E-state index in [1.165, 1.54) is 0 Å². The van der Waals surface area contributed by atoms with Crippen molar-refractivity contribution in [2.24, 2.45) is 5.73 Å². The minimum Gasteiger partial charge on any atom is -0.350 e. The summed E-state index contributed by atoms with van der Waals surface area (Å²) < 4.78 is 0. The van der Waals surface area contributed by atoms with Crippen molar-refractivity contribution in [2.45, 2.75) is 38.8 Å². The molecule has 17 heavy (non-hydrogen) atoms. The van der Waals surface area contributed by atoms with E-state index in [-0.39, 0.29) is 11.4 Å². The molecule has 0 aliphatic rings. The Labute approximate surface area is 107 Å². The molecule has 3 N–H and O–H groups in total. The third-order valence-electron chi connectivity index (χ3n) is 2.43. The molecule has 1 amide bonds. The molecule has 0 aliphatic carbocycles. The highest BCUT2D eigenvalue weighted by atomic mass is 35.5. The second-order valence-electron chi connectivity index (χ2n) is 4.97. The van der Waals surface area contributed by atoms with Crippen LogP contribution in [0.3, 0.4) is 0 Å². The smallest absolute Gasteiger partial charge is 0.237 e. The van der Waals surface area contributed by atoms with Gasteiger partial charge in [0.05, 0.1) is 6.04 Å². The first kappa shape index (κ1) is 14.0. The van der Waals surface area contributed by atoms with Gasteiger partial charge in [-0.05, 0) is 44.9 Å². The minimum absolute atomic E-state index is 0.135. The van der Waals surface area contributed by atoms with Crippen LogP contribution >= 0.6 is 11.6 Å². The zero-order valence-electron chi connectivity index (χ0n) is 10.5. The summed E-state index contributed by atoms with van der Waals surface area (Å²) >= 11 is 5.82. The van der Waals surface area contributed by atoms with Gasteiger partial charge in [0, 0.05) is 10.6 Å². The number of hydrogen-bond acceptors (Lipinski definition) is 2. The van der Waals surface area contributed by atoms with E-state index in [0.717, 1.165) is 12.0 Å². The van der Waals surface area contributed by atoms with Crippen molar-refractivity contribution in [2.75, 3.05) is 0 Å². The Bertz CT molecular complexity index is 385. The van der Waals surface area contributed by atoms with Crippen LogP contribution in [0.2, 0.25) is 5.02 Å². The van der Waals surface area contributed by atoms with Gasteiger partial charge in [0.25, 0.3) is 0 Å². The highest BCUT2D eigenvalue weighted by Crippen LogP contribution is 2.15. The Morgan fingerprint density at radius 2 is 1.94 bits per heavy atom. The predicted octanol–water partition coefficient (Wildman–Crippen LogP) is 2.12. The lowest BCUT2D eigenvalue weighted by atomic mass is 9.94. The molecular weight excluding hydrogens is 236 g/mol. The number of hydrogen-bond donors (Lipinski definition) is 2. The van der Waals surface area contributed by atoms with Gasteiger partial charge in [-0.25, -0.2) is 0 Å². The van der Waals surface area contributed by atoms with Crippen LogP contribution < -0.4 is 11.1 Å². The Morgan fingerprint density at radius 3 is 2.41 bits per heavy atom. The molecule has 0 heterocycles. The zero-order valence-corrected chi connectivity index (χ0v) is 11.2. The number of amides is 1. The van der Waals surface area contributed by atoms with E-state index in [2.05, 4.69) is 5.32 Å². The normalized spacial score (nSPS) is 13.2. The molecule has 0 aromatic heterocycles. The fourth-order valence-electron chi connectivity index (χ4n) is 1.60. The monoisotopic (exact) mass is 254 g/mol. The van der Waals surface area contributed by atoms with Crippen LogP contribution in [0.5, 0.6) is 0 Å². The number of rotatable bonds is 4.